The highest BCUT2D eigenvalue weighted by Gasteiger charge is 2.09. The van der Waals surface area contributed by atoms with Crippen molar-refractivity contribution in [2.24, 2.45) is 0 Å². The minimum absolute atomic E-state index is 0.0423. The summed E-state index contributed by atoms with van der Waals surface area (Å²) in [5.74, 6) is -0.196. The molecule has 2 aromatic carbocycles. The molecule has 120 valence electrons. The van der Waals surface area contributed by atoms with Crippen molar-refractivity contribution in [2.75, 3.05) is 18.4 Å². The standard InChI is InChI=1S/C18H21N3O2/c1-2-12-19-17(22)13-20-18(23)21-16-11-7-6-10-15(16)14-8-4-3-5-9-14/h3-11H,2,12-13H2,1H3,(H,19,22)(H2,20,21,23). The molecule has 0 aliphatic heterocycles. The summed E-state index contributed by atoms with van der Waals surface area (Å²) in [6.07, 6.45) is 0.863. The second-order valence-corrected chi connectivity index (χ2v) is 5.07. The Hall–Kier alpha value is -2.82. The molecule has 0 bridgehead atoms. The maximum atomic E-state index is 12.0. The lowest BCUT2D eigenvalue weighted by atomic mass is 10.0. The minimum atomic E-state index is -0.403. The average molecular weight is 311 g/mol. The van der Waals surface area contributed by atoms with Gasteiger partial charge in [0.25, 0.3) is 0 Å². The first-order valence-corrected chi connectivity index (χ1v) is 7.66. The van der Waals surface area contributed by atoms with Gasteiger partial charge in [-0.1, -0.05) is 55.5 Å². The average Bonchev–Trinajstić information content (AvgIpc) is 2.59. The van der Waals surface area contributed by atoms with Gasteiger partial charge >= 0.3 is 6.03 Å². The summed E-state index contributed by atoms with van der Waals surface area (Å²) in [5, 5.41) is 8.05. The molecule has 3 N–H and O–H groups in total. The zero-order valence-corrected chi connectivity index (χ0v) is 13.1. The van der Waals surface area contributed by atoms with Gasteiger partial charge in [0, 0.05) is 12.1 Å². The maximum absolute atomic E-state index is 12.0. The predicted molar refractivity (Wildman–Crippen MR) is 92.2 cm³/mol. The molecule has 0 aromatic heterocycles. The van der Waals surface area contributed by atoms with E-state index in [9.17, 15) is 9.59 Å². The van der Waals surface area contributed by atoms with Crippen LogP contribution < -0.4 is 16.0 Å². The quantitative estimate of drug-likeness (QED) is 0.767. The van der Waals surface area contributed by atoms with Gasteiger partial charge in [-0.3, -0.25) is 4.79 Å². The SMILES string of the molecule is CCCNC(=O)CNC(=O)Nc1ccccc1-c1ccccc1. The molecule has 0 unspecified atom stereocenters. The Morgan fingerprint density at radius 1 is 0.913 bits per heavy atom. The van der Waals surface area contributed by atoms with Crippen LogP contribution in [0, 0.1) is 0 Å². The van der Waals surface area contributed by atoms with Gasteiger partial charge in [-0.05, 0) is 18.1 Å². The second kappa shape index (κ2) is 8.58. The number of carbonyl (C=O) groups excluding carboxylic acids is 2. The fourth-order valence-corrected chi connectivity index (χ4v) is 2.12. The smallest absolute Gasteiger partial charge is 0.319 e. The topological polar surface area (TPSA) is 70.2 Å². The largest absolute Gasteiger partial charge is 0.355 e. The molecule has 2 rings (SSSR count). The molecule has 0 fully saturated rings. The third-order valence-electron chi connectivity index (χ3n) is 3.24. The fraction of sp³-hybridized carbons (Fsp3) is 0.222. The molecule has 0 radical (unpaired) electrons. The molecular formula is C18H21N3O2. The highest BCUT2D eigenvalue weighted by Crippen LogP contribution is 2.27. The van der Waals surface area contributed by atoms with Crippen LogP contribution in [0.5, 0.6) is 0 Å². The van der Waals surface area contributed by atoms with Gasteiger partial charge < -0.3 is 16.0 Å². The van der Waals surface area contributed by atoms with Crippen molar-refractivity contribution >= 4 is 17.6 Å². The number of nitrogens with one attached hydrogen (secondary N) is 3. The highest BCUT2D eigenvalue weighted by molar-refractivity contribution is 5.96. The summed E-state index contributed by atoms with van der Waals surface area (Å²) in [6.45, 7) is 2.54. The Morgan fingerprint density at radius 2 is 1.61 bits per heavy atom. The summed E-state index contributed by atoms with van der Waals surface area (Å²) >= 11 is 0. The van der Waals surface area contributed by atoms with Crippen molar-refractivity contribution in [3.8, 4) is 11.1 Å². The molecular weight excluding hydrogens is 290 g/mol. The summed E-state index contributed by atoms with van der Waals surface area (Å²) in [6, 6.07) is 17.0. The van der Waals surface area contributed by atoms with Crippen LogP contribution in [0.25, 0.3) is 11.1 Å². The number of benzene rings is 2. The van der Waals surface area contributed by atoms with Gasteiger partial charge in [-0.15, -0.1) is 0 Å². The Bertz CT molecular complexity index is 656. The molecule has 0 aliphatic rings. The van der Waals surface area contributed by atoms with E-state index in [1.807, 2.05) is 61.5 Å². The van der Waals surface area contributed by atoms with E-state index in [-0.39, 0.29) is 12.5 Å². The fourth-order valence-electron chi connectivity index (χ4n) is 2.12. The Labute approximate surface area is 136 Å². The molecule has 5 nitrogen and oxygen atoms in total. The molecule has 2 aromatic rings. The van der Waals surface area contributed by atoms with Crippen molar-refractivity contribution in [3.63, 3.8) is 0 Å². The van der Waals surface area contributed by atoms with Gasteiger partial charge in [0.15, 0.2) is 0 Å². The molecule has 23 heavy (non-hydrogen) atoms. The number of amides is 3. The van der Waals surface area contributed by atoms with Crippen LogP contribution in [0.4, 0.5) is 10.5 Å². The second-order valence-electron chi connectivity index (χ2n) is 5.07. The normalized spacial score (nSPS) is 9.96. The number of rotatable bonds is 6. The van der Waals surface area contributed by atoms with E-state index in [0.29, 0.717) is 12.2 Å². The zero-order valence-electron chi connectivity index (χ0n) is 13.1. The van der Waals surface area contributed by atoms with E-state index < -0.39 is 6.03 Å². The summed E-state index contributed by atoms with van der Waals surface area (Å²) < 4.78 is 0. The number of urea groups is 1. The Kier molecular flexibility index (Phi) is 6.17. The van der Waals surface area contributed by atoms with Crippen molar-refractivity contribution in [1.29, 1.82) is 0 Å². The summed E-state index contributed by atoms with van der Waals surface area (Å²) in [4.78, 5) is 23.5. The highest BCUT2D eigenvalue weighted by atomic mass is 16.2. The van der Waals surface area contributed by atoms with E-state index in [1.165, 1.54) is 0 Å². The predicted octanol–water partition coefficient (Wildman–Crippen LogP) is 3.00. The first-order chi connectivity index (χ1) is 11.2. The molecule has 3 amide bonds. The van der Waals surface area contributed by atoms with E-state index >= 15 is 0 Å². The Morgan fingerprint density at radius 3 is 2.35 bits per heavy atom. The van der Waals surface area contributed by atoms with Crippen LogP contribution in [0.2, 0.25) is 0 Å². The molecule has 0 saturated carbocycles. The van der Waals surface area contributed by atoms with E-state index in [2.05, 4.69) is 16.0 Å². The van der Waals surface area contributed by atoms with Crippen LogP contribution in [-0.2, 0) is 4.79 Å². The van der Waals surface area contributed by atoms with Gasteiger partial charge in [-0.2, -0.15) is 0 Å². The molecule has 0 saturated heterocycles. The number of carbonyl (C=O) groups is 2. The van der Waals surface area contributed by atoms with Crippen molar-refractivity contribution in [2.45, 2.75) is 13.3 Å². The Balaban J connectivity index is 1.98. The molecule has 0 atom stereocenters. The third kappa shape index (κ3) is 5.14. The minimum Gasteiger partial charge on any atom is -0.355 e. The first kappa shape index (κ1) is 16.5. The molecule has 5 heteroatoms. The van der Waals surface area contributed by atoms with E-state index in [4.69, 9.17) is 0 Å². The monoisotopic (exact) mass is 311 g/mol. The van der Waals surface area contributed by atoms with Crippen molar-refractivity contribution < 1.29 is 9.59 Å². The number of hydrogen-bond donors (Lipinski definition) is 3. The van der Waals surface area contributed by atoms with Crippen LogP contribution in [-0.4, -0.2) is 25.0 Å². The van der Waals surface area contributed by atoms with E-state index in [1.54, 1.807) is 0 Å². The summed E-state index contributed by atoms with van der Waals surface area (Å²) in [7, 11) is 0. The summed E-state index contributed by atoms with van der Waals surface area (Å²) in [5.41, 5.74) is 2.65. The van der Waals surface area contributed by atoms with Crippen LogP contribution in [0.1, 0.15) is 13.3 Å². The lowest BCUT2D eigenvalue weighted by molar-refractivity contribution is -0.120. The number of para-hydroxylation sites is 1. The maximum Gasteiger partial charge on any atom is 0.319 e. The van der Waals surface area contributed by atoms with Crippen molar-refractivity contribution in [3.05, 3.63) is 54.6 Å². The van der Waals surface area contributed by atoms with Gasteiger partial charge in [0.05, 0.1) is 12.2 Å². The van der Waals surface area contributed by atoms with Crippen LogP contribution in [0.15, 0.2) is 54.6 Å². The number of anilines is 1. The third-order valence-corrected chi connectivity index (χ3v) is 3.24. The zero-order chi connectivity index (χ0) is 16.5. The van der Waals surface area contributed by atoms with Crippen molar-refractivity contribution in [1.82, 2.24) is 10.6 Å². The first-order valence-electron chi connectivity index (χ1n) is 7.66. The molecule has 0 spiro atoms. The van der Waals surface area contributed by atoms with E-state index in [0.717, 1.165) is 17.5 Å². The molecule has 0 heterocycles. The lowest BCUT2D eigenvalue weighted by Gasteiger charge is -2.12. The van der Waals surface area contributed by atoms with Crippen LogP contribution in [0.3, 0.4) is 0 Å². The lowest BCUT2D eigenvalue weighted by Crippen LogP contribution is -2.39. The van der Waals surface area contributed by atoms with Gasteiger partial charge in [0.1, 0.15) is 0 Å². The molecule has 0 aliphatic carbocycles. The van der Waals surface area contributed by atoms with Crippen LogP contribution >= 0.6 is 0 Å². The van der Waals surface area contributed by atoms with Gasteiger partial charge in [-0.25, -0.2) is 4.79 Å². The van der Waals surface area contributed by atoms with Gasteiger partial charge in [0.2, 0.25) is 5.91 Å². The number of hydrogen-bond acceptors (Lipinski definition) is 2.